The molecule has 0 fully saturated rings. The average Bonchev–Trinajstić information content (AvgIpc) is 2.61. The molecule has 1 rings (SSSR count). The Morgan fingerprint density at radius 1 is 1.67 bits per heavy atom. The van der Waals surface area contributed by atoms with Gasteiger partial charge in [0.2, 0.25) is 5.76 Å². The van der Waals surface area contributed by atoms with E-state index in [1.807, 2.05) is 5.38 Å². The summed E-state index contributed by atoms with van der Waals surface area (Å²) in [5.74, 6) is -0.321. The highest BCUT2D eigenvalue weighted by Crippen LogP contribution is 2.22. The number of esters is 1. The van der Waals surface area contributed by atoms with E-state index < -0.39 is 5.97 Å². The summed E-state index contributed by atoms with van der Waals surface area (Å²) in [6.07, 6.45) is 1.58. The molecule has 0 aromatic carbocycles. The molecule has 1 heterocycles. The Bertz CT molecular complexity index is 370. The summed E-state index contributed by atoms with van der Waals surface area (Å²) in [6.45, 7) is 2.06. The number of nitrogens with two attached hydrogens (primary N) is 1. The normalized spacial score (nSPS) is 11.2. The van der Waals surface area contributed by atoms with Gasteiger partial charge in [0.1, 0.15) is 0 Å². The Balaban J connectivity index is 2.87. The van der Waals surface area contributed by atoms with Gasteiger partial charge in [0.05, 0.1) is 18.6 Å². The van der Waals surface area contributed by atoms with E-state index in [-0.39, 0.29) is 5.76 Å². The van der Waals surface area contributed by atoms with Crippen LogP contribution in [0.25, 0.3) is 6.08 Å². The molecular formula is C10H13NO3S. The van der Waals surface area contributed by atoms with Gasteiger partial charge in [0.25, 0.3) is 0 Å². The van der Waals surface area contributed by atoms with Crippen molar-refractivity contribution in [1.29, 1.82) is 0 Å². The number of methoxy groups -OCH3 is 1. The second kappa shape index (κ2) is 5.41. The molecule has 1 aromatic heterocycles. The van der Waals surface area contributed by atoms with Gasteiger partial charge in [0, 0.05) is 11.8 Å². The lowest BCUT2D eigenvalue weighted by molar-refractivity contribution is -0.141. The first-order valence-corrected chi connectivity index (χ1v) is 5.32. The highest BCUT2D eigenvalue weighted by atomic mass is 32.1. The maximum absolute atomic E-state index is 11.4. The van der Waals surface area contributed by atoms with E-state index in [1.165, 1.54) is 18.4 Å². The van der Waals surface area contributed by atoms with Crippen LogP contribution in [0.1, 0.15) is 11.8 Å². The van der Waals surface area contributed by atoms with Gasteiger partial charge in [-0.3, -0.25) is 0 Å². The minimum Gasteiger partial charge on any atom is -0.490 e. The molecule has 0 amide bonds. The van der Waals surface area contributed by atoms with Crippen LogP contribution in [0.2, 0.25) is 0 Å². The van der Waals surface area contributed by atoms with Crippen LogP contribution < -0.4 is 5.73 Å². The number of carbonyl (C=O) groups is 1. The SMILES string of the molecule is CCOC(=O)C(=Cc1sccc1N)OC. The highest BCUT2D eigenvalue weighted by Gasteiger charge is 2.11. The van der Waals surface area contributed by atoms with E-state index in [0.29, 0.717) is 12.3 Å². The Labute approximate surface area is 92.3 Å². The number of anilines is 1. The molecule has 0 bridgehead atoms. The molecular weight excluding hydrogens is 214 g/mol. The van der Waals surface area contributed by atoms with Crippen LogP contribution in [-0.4, -0.2) is 19.7 Å². The first-order valence-electron chi connectivity index (χ1n) is 4.44. The number of ether oxygens (including phenoxy) is 2. The fraction of sp³-hybridized carbons (Fsp3) is 0.300. The van der Waals surface area contributed by atoms with Crippen molar-refractivity contribution in [1.82, 2.24) is 0 Å². The van der Waals surface area contributed by atoms with Crippen molar-refractivity contribution in [2.75, 3.05) is 19.5 Å². The largest absolute Gasteiger partial charge is 0.490 e. The molecule has 0 aliphatic heterocycles. The molecule has 15 heavy (non-hydrogen) atoms. The molecule has 0 spiro atoms. The Kier molecular flexibility index (Phi) is 4.17. The lowest BCUT2D eigenvalue weighted by Gasteiger charge is -2.04. The predicted octanol–water partition coefficient (Wildman–Crippen LogP) is 1.88. The summed E-state index contributed by atoms with van der Waals surface area (Å²) in [4.78, 5) is 12.2. The van der Waals surface area contributed by atoms with Gasteiger partial charge in [0.15, 0.2) is 0 Å². The number of thiophene rings is 1. The second-order valence-electron chi connectivity index (χ2n) is 2.67. The molecule has 2 N–H and O–H groups in total. The van der Waals surface area contributed by atoms with Crippen molar-refractivity contribution in [2.24, 2.45) is 0 Å². The summed E-state index contributed by atoms with van der Waals surface area (Å²) in [6, 6.07) is 1.77. The first-order chi connectivity index (χ1) is 7.19. The molecule has 0 saturated heterocycles. The van der Waals surface area contributed by atoms with Crippen LogP contribution in [0.3, 0.4) is 0 Å². The van der Waals surface area contributed by atoms with Crippen LogP contribution in [0.5, 0.6) is 0 Å². The fourth-order valence-corrected chi connectivity index (χ4v) is 1.71. The molecule has 4 nitrogen and oxygen atoms in total. The molecule has 82 valence electrons. The quantitative estimate of drug-likeness (QED) is 0.484. The minimum absolute atomic E-state index is 0.158. The van der Waals surface area contributed by atoms with E-state index in [0.717, 1.165) is 4.88 Å². The van der Waals surface area contributed by atoms with Crippen LogP contribution in [0, 0.1) is 0 Å². The average molecular weight is 227 g/mol. The summed E-state index contributed by atoms with van der Waals surface area (Å²) in [5.41, 5.74) is 6.30. The van der Waals surface area contributed by atoms with E-state index in [9.17, 15) is 4.79 Å². The summed E-state index contributed by atoms with van der Waals surface area (Å²) in [7, 11) is 1.42. The maximum Gasteiger partial charge on any atom is 0.373 e. The molecule has 0 aliphatic carbocycles. The molecule has 1 aromatic rings. The van der Waals surface area contributed by atoms with Crippen molar-refractivity contribution in [3.05, 3.63) is 22.1 Å². The molecule has 0 unspecified atom stereocenters. The number of nitrogen functional groups attached to an aromatic ring is 1. The Morgan fingerprint density at radius 3 is 2.87 bits per heavy atom. The maximum atomic E-state index is 11.4. The zero-order valence-electron chi connectivity index (χ0n) is 8.65. The Morgan fingerprint density at radius 2 is 2.40 bits per heavy atom. The van der Waals surface area contributed by atoms with E-state index in [2.05, 4.69) is 0 Å². The topological polar surface area (TPSA) is 61.5 Å². The summed E-state index contributed by atoms with van der Waals surface area (Å²) < 4.78 is 9.75. The third kappa shape index (κ3) is 2.99. The number of hydrogen-bond donors (Lipinski definition) is 1. The van der Waals surface area contributed by atoms with Crippen molar-refractivity contribution in [3.63, 3.8) is 0 Å². The highest BCUT2D eigenvalue weighted by molar-refractivity contribution is 7.11. The van der Waals surface area contributed by atoms with Gasteiger partial charge in [-0.2, -0.15) is 0 Å². The predicted molar refractivity (Wildman–Crippen MR) is 60.4 cm³/mol. The van der Waals surface area contributed by atoms with Gasteiger partial charge in [-0.15, -0.1) is 11.3 Å². The number of hydrogen-bond acceptors (Lipinski definition) is 5. The van der Waals surface area contributed by atoms with Crippen LogP contribution in [0.15, 0.2) is 17.2 Å². The molecule has 0 aliphatic rings. The van der Waals surface area contributed by atoms with Gasteiger partial charge < -0.3 is 15.2 Å². The zero-order chi connectivity index (χ0) is 11.3. The minimum atomic E-state index is -0.479. The van der Waals surface area contributed by atoms with Crippen molar-refractivity contribution < 1.29 is 14.3 Å². The third-order valence-corrected chi connectivity index (χ3v) is 2.57. The smallest absolute Gasteiger partial charge is 0.373 e. The first kappa shape index (κ1) is 11.6. The number of rotatable bonds is 4. The van der Waals surface area contributed by atoms with Gasteiger partial charge in [-0.05, 0) is 18.4 Å². The molecule has 0 saturated carbocycles. The van der Waals surface area contributed by atoms with Crippen molar-refractivity contribution in [2.45, 2.75) is 6.92 Å². The summed E-state index contributed by atoms with van der Waals surface area (Å²) >= 11 is 1.44. The van der Waals surface area contributed by atoms with Crippen molar-refractivity contribution >= 4 is 29.1 Å². The van der Waals surface area contributed by atoms with Gasteiger partial charge in [-0.1, -0.05) is 0 Å². The fourth-order valence-electron chi connectivity index (χ4n) is 0.971. The molecule has 0 atom stereocenters. The standard InChI is InChI=1S/C10H13NO3S/c1-3-14-10(12)8(13-2)6-9-7(11)4-5-15-9/h4-6H,3,11H2,1-2H3. The molecule has 0 radical (unpaired) electrons. The van der Waals surface area contributed by atoms with Crippen LogP contribution in [0.4, 0.5) is 5.69 Å². The van der Waals surface area contributed by atoms with Crippen molar-refractivity contribution in [3.8, 4) is 0 Å². The van der Waals surface area contributed by atoms with E-state index >= 15 is 0 Å². The van der Waals surface area contributed by atoms with E-state index in [1.54, 1.807) is 19.1 Å². The van der Waals surface area contributed by atoms with Gasteiger partial charge in [-0.25, -0.2) is 4.79 Å². The lowest BCUT2D eigenvalue weighted by atomic mass is 10.3. The van der Waals surface area contributed by atoms with E-state index in [4.69, 9.17) is 15.2 Å². The lowest BCUT2D eigenvalue weighted by Crippen LogP contribution is -2.08. The monoisotopic (exact) mass is 227 g/mol. The van der Waals surface area contributed by atoms with Crippen LogP contribution >= 0.6 is 11.3 Å². The number of carbonyl (C=O) groups excluding carboxylic acids is 1. The zero-order valence-corrected chi connectivity index (χ0v) is 9.47. The van der Waals surface area contributed by atoms with Crippen LogP contribution in [-0.2, 0) is 14.3 Å². The second-order valence-corrected chi connectivity index (χ2v) is 3.62. The summed E-state index contributed by atoms with van der Waals surface area (Å²) in [5, 5.41) is 1.85. The third-order valence-electron chi connectivity index (χ3n) is 1.69. The Hall–Kier alpha value is -1.49. The van der Waals surface area contributed by atoms with Gasteiger partial charge >= 0.3 is 5.97 Å². The molecule has 5 heteroatoms.